The van der Waals surface area contributed by atoms with Crippen molar-refractivity contribution in [2.24, 2.45) is 5.73 Å². The first-order chi connectivity index (χ1) is 7.84. The highest BCUT2D eigenvalue weighted by molar-refractivity contribution is 5.67. The Kier molecular flexibility index (Phi) is 2.36. The number of pyridine rings is 1. The fourth-order valence-electron chi connectivity index (χ4n) is 2.41. The molecular weight excluding hydrogens is 202 g/mol. The number of fused-ring (bicyclic) bond motifs is 1. The molecule has 84 valence electrons. The summed E-state index contributed by atoms with van der Waals surface area (Å²) >= 11 is 0. The molecule has 0 aromatic carbocycles. The van der Waals surface area contributed by atoms with Crippen LogP contribution in [0.2, 0.25) is 0 Å². The van der Waals surface area contributed by atoms with Gasteiger partial charge in [0, 0.05) is 12.2 Å². The predicted octanol–water partition coefficient (Wildman–Crippen LogP) is 2.21. The summed E-state index contributed by atoms with van der Waals surface area (Å²) in [4.78, 5) is 8.63. The zero-order valence-electron chi connectivity index (χ0n) is 9.10. The summed E-state index contributed by atoms with van der Waals surface area (Å²) in [5.41, 5.74) is 7.56. The summed E-state index contributed by atoms with van der Waals surface area (Å²) in [6, 6.07) is 3.97. The van der Waals surface area contributed by atoms with E-state index in [2.05, 4.69) is 9.97 Å². The van der Waals surface area contributed by atoms with Gasteiger partial charge in [-0.05, 0) is 25.0 Å². The summed E-state index contributed by atoms with van der Waals surface area (Å²) in [6.07, 6.45) is 6.30. The first-order valence-electron chi connectivity index (χ1n) is 5.81. The Morgan fingerprint density at radius 3 is 3.00 bits per heavy atom. The fraction of sp³-hybridized carbons (Fsp3) is 0.500. The van der Waals surface area contributed by atoms with E-state index in [4.69, 9.17) is 10.2 Å². The van der Waals surface area contributed by atoms with Gasteiger partial charge >= 0.3 is 0 Å². The van der Waals surface area contributed by atoms with Crippen molar-refractivity contribution in [1.82, 2.24) is 9.97 Å². The molecule has 0 bridgehead atoms. The van der Waals surface area contributed by atoms with E-state index >= 15 is 0 Å². The molecular formula is C12H15N3O. The summed E-state index contributed by atoms with van der Waals surface area (Å²) in [7, 11) is 0. The van der Waals surface area contributed by atoms with Crippen molar-refractivity contribution >= 4 is 11.2 Å². The maximum absolute atomic E-state index is 6.11. The number of hydrogen-bond donors (Lipinski definition) is 1. The van der Waals surface area contributed by atoms with Crippen molar-refractivity contribution in [3.63, 3.8) is 0 Å². The van der Waals surface area contributed by atoms with E-state index < -0.39 is 0 Å². The minimum absolute atomic E-state index is 0.182. The summed E-state index contributed by atoms with van der Waals surface area (Å²) < 4.78 is 5.68. The van der Waals surface area contributed by atoms with E-state index in [0.717, 1.165) is 24.2 Å². The predicted molar refractivity (Wildman–Crippen MR) is 61.0 cm³/mol. The van der Waals surface area contributed by atoms with Gasteiger partial charge in [0.25, 0.3) is 0 Å². The molecule has 0 saturated heterocycles. The molecule has 2 heterocycles. The molecule has 4 heteroatoms. The minimum Gasteiger partial charge on any atom is -0.422 e. The van der Waals surface area contributed by atoms with E-state index in [9.17, 15) is 0 Å². The molecule has 0 radical (unpaired) electrons. The minimum atomic E-state index is 0.182. The first kappa shape index (κ1) is 9.78. The van der Waals surface area contributed by atoms with Crippen molar-refractivity contribution < 1.29 is 4.42 Å². The lowest BCUT2D eigenvalue weighted by Gasteiger charge is -2.25. The lowest BCUT2D eigenvalue weighted by molar-refractivity contribution is 0.331. The third kappa shape index (κ3) is 1.59. The third-order valence-corrected chi connectivity index (χ3v) is 3.32. The molecule has 1 fully saturated rings. The fourth-order valence-corrected chi connectivity index (χ4v) is 2.41. The van der Waals surface area contributed by atoms with Crippen molar-refractivity contribution in [2.45, 2.75) is 37.6 Å². The quantitative estimate of drug-likeness (QED) is 0.795. The molecule has 2 N–H and O–H groups in total. The summed E-state index contributed by atoms with van der Waals surface area (Å²) in [6.45, 7) is 0. The van der Waals surface area contributed by atoms with Crippen LogP contribution in [0.5, 0.6) is 0 Å². The van der Waals surface area contributed by atoms with Crippen LogP contribution < -0.4 is 5.73 Å². The van der Waals surface area contributed by atoms with Crippen LogP contribution >= 0.6 is 0 Å². The molecule has 1 saturated carbocycles. The Hall–Kier alpha value is -1.42. The van der Waals surface area contributed by atoms with Crippen LogP contribution in [0.3, 0.4) is 0 Å². The standard InChI is InChI=1S/C12H15N3O/c13-9-5-2-1-4-8(9)11-15-10-6-3-7-14-12(10)16-11/h3,6-9H,1-2,4-5,13H2. The lowest BCUT2D eigenvalue weighted by atomic mass is 9.85. The Balaban J connectivity index is 1.98. The maximum Gasteiger partial charge on any atom is 0.246 e. The molecule has 4 nitrogen and oxygen atoms in total. The van der Waals surface area contributed by atoms with Crippen molar-refractivity contribution in [3.05, 3.63) is 24.2 Å². The Bertz CT molecular complexity index is 461. The van der Waals surface area contributed by atoms with Crippen LogP contribution in [0.25, 0.3) is 11.2 Å². The molecule has 2 aromatic rings. The van der Waals surface area contributed by atoms with E-state index in [0.29, 0.717) is 5.71 Å². The van der Waals surface area contributed by atoms with Gasteiger partial charge in [-0.1, -0.05) is 12.8 Å². The van der Waals surface area contributed by atoms with E-state index in [-0.39, 0.29) is 12.0 Å². The van der Waals surface area contributed by atoms with Crippen molar-refractivity contribution in [1.29, 1.82) is 0 Å². The Morgan fingerprint density at radius 2 is 2.19 bits per heavy atom. The van der Waals surface area contributed by atoms with Gasteiger partial charge in [0.2, 0.25) is 11.6 Å². The smallest absolute Gasteiger partial charge is 0.246 e. The van der Waals surface area contributed by atoms with Crippen LogP contribution in [-0.2, 0) is 0 Å². The average Bonchev–Trinajstić information content (AvgIpc) is 2.73. The number of hydrogen-bond acceptors (Lipinski definition) is 4. The van der Waals surface area contributed by atoms with Crippen molar-refractivity contribution in [2.75, 3.05) is 0 Å². The number of nitrogens with zero attached hydrogens (tertiary/aromatic N) is 2. The number of oxazole rings is 1. The highest BCUT2D eigenvalue weighted by Crippen LogP contribution is 2.32. The number of aromatic nitrogens is 2. The summed E-state index contributed by atoms with van der Waals surface area (Å²) in [5.74, 6) is 1.03. The SMILES string of the molecule is NC1CCCCC1c1nc2cccnc2o1. The molecule has 0 amide bonds. The maximum atomic E-state index is 6.11. The second-order valence-electron chi connectivity index (χ2n) is 4.43. The normalized spacial score (nSPS) is 26.1. The highest BCUT2D eigenvalue weighted by Gasteiger charge is 2.27. The van der Waals surface area contributed by atoms with Crippen LogP contribution in [0.1, 0.15) is 37.5 Å². The van der Waals surface area contributed by atoms with Gasteiger partial charge in [-0.15, -0.1) is 0 Å². The second kappa shape index (κ2) is 3.87. The average molecular weight is 217 g/mol. The molecule has 0 aliphatic heterocycles. The van der Waals surface area contributed by atoms with Crippen LogP contribution in [0.15, 0.2) is 22.7 Å². The van der Waals surface area contributed by atoms with Gasteiger partial charge in [0.15, 0.2) is 0 Å². The molecule has 0 spiro atoms. The molecule has 2 atom stereocenters. The molecule has 2 unspecified atom stereocenters. The van der Waals surface area contributed by atoms with Crippen LogP contribution in [0, 0.1) is 0 Å². The molecule has 1 aliphatic rings. The van der Waals surface area contributed by atoms with Crippen LogP contribution in [0.4, 0.5) is 0 Å². The van der Waals surface area contributed by atoms with E-state index in [1.807, 2.05) is 12.1 Å². The van der Waals surface area contributed by atoms with E-state index in [1.54, 1.807) is 6.20 Å². The molecule has 16 heavy (non-hydrogen) atoms. The molecule has 3 rings (SSSR count). The second-order valence-corrected chi connectivity index (χ2v) is 4.43. The zero-order chi connectivity index (χ0) is 11.0. The number of nitrogens with two attached hydrogens (primary N) is 1. The zero-order valence-corrected chi connectivity index (χ0v) is 9.10. The summed E-state index contributed by atoms with van der Waals surface area (Å²) in [5, 5.41) is 0. The van der Waals surface area contributed by atoms with Gasteiger partial charge in [-0.2, -0.15) is 0 Å². The van der Waals surface area contributed by atoms with Crippen LogP contribution in [-0.4, -0.2) is 16.0 Å². The highest BCUT2D eigenvalue weighted by atomic mass is 16.4. The number of rotatable bonds is 1. The van der Waals surface area contributed by atoms with Gasteiger partial charge in [0.05, 0.1) is 5.92 Å². The Morgan fingerprint density at radius 1 is 1.31 bits per heavy atom. The van der Waals surface area contributed by atoms with Gasteiger partial charge in [-0.3, -0.25) is 0 Å². The van der Waals surface area contributed by atoms with Crippen molar-refractivity contribution in [3.8, 4) is 0 Å². The molecule has 2 aromatic heterocycles. The third-order valence-electron chi connectivity index (χ3n) is 3.32. The first-order valence-corrected chi connectivity index (χ1v) is 5.81. The van der Waals surface area contributed by atoms with Gasteiger partial charge in [0.1, 0.15) is 5.52 Å². The lowest BCUT2D eigenvalue weighted by Crippen LogP contribution is -2.31. The monoisotopic (exact) mass is 217 g/mol. The van der Waals surface area contributed by atoms with E-state index in [1.165, 1.54) is 12.8 Å². The van der Waals surface area contributed by atoms with Gasteiger partial charge < -0.3 is 10.2 Å². The largest absolute Gasteiger partial charge is 0.422 e. The van der Waals surface area contributed by atoms with Gasteiger partial charge in [-0.25, -0.2) is 9.97 Å². The molecule has 1 aliphatic carbocycles. The Labute approximate surface area is 93.9 Å². The topological polar surface area (TPSA) is 64.9 Å².